The number of hydrogen-bond acceptors (Lipinski definition) is 6. The highest BCUT2D eigenvalue weighted by atomic mass is 32.2. The second-order valence-electron chi connectivity index (χ2n) is 7.48. The molecule has 0 spiro atoms. The van der Waals surface area contributed by atoms with E-state index in [9.17, 15) is 4.79 Å². The van der Waals surface area contributed by atoms with Crippen LogP contribution in [0.3, 0.4) is 0 Å². The van der Waals surface area contributed by atoms with Gasteiger partial charge in [0.05, 0.1) is 22.3 Å². The predicted octanol–water partition coefficient (Wildman–Crippen LogP) is 5.34. The van der Waals surface area contributed by atoms with E-state index in [2.05, 4.69) is 47.2 Å². The summed E-state index contributed by atoms with van der Waals surface area (Å²) in [6, 6.07) is 23.4. The van der Waals surface area contributed by atoms with Crippen molar-refractivity contribution >= 4 is 22.7 Å². The van der Waals surface area contributed by atoms with Gasteiger partial charge in [-0.2, -0.15) is 0 Å². The molecule has 2 heterocycles. The highest BCUT2D eigenvalue weighted by Crippen LogP contribution is 2.30. The molecule has 7 heteroatoms. The van der Waals surface area contributed by atoms with Crippen molar-refractivity contribution in [3.63, 3.8) is 0 Å². The van der Waals surface area contributed by atoms with Crippen molar-refractivity contribution in [2.45, 2.75) is 24.8 Å². The largest absolute Gasteiger partial charge is 0.407 e. The standard InChI is InChI=1S/C25H20N4O2S/c1-16-12-13-19(14-17(16)2)29-23(18-8-4-3-5-9-18)27-28-25(29)32-15-22-26-21-11-7-6-10-20(21)24(30)31-22/h3-14H,15H2,1-2H3. The monoisotopic (exact) mass is 440 g/mol. The lowest BCUT2D eigenvalue weighted by atomic mass is 10.1. The molecule has 6 nitrogen and oxygen atoms in total. The van der Waals surface area contributed by atoms with Crippen LogP contribution in [0.5, 0.6) is 0 Å². The van der Waals surface area contributed by atoms with E-state index in [1.54, 1.807) is 12.1 Å². The van der Waals surface area contributed by atoms with E-state index in [1.165, 1.54) is 22.9 Å². The number of fused-ring (bicyclic) bond motifs is 1. The minimum atomic E-state index is -0.383. The van der Waals surface area contributed by atoms with Gasteiger partial charge in [0.15, 0.2) is 11.0 Å². The van der Waals surface area contributed by atoms with E-state index in [0.29, 0.717) is 27.7 Å². The Labute approximate surface area is 189 Å². The minimum Gasteiger partial charge on any atom is -0.407 e. The number of aryl methyl sites for hydroxylation is 2. The summed E-state index contributed by atoms with van der Waals surface area (Å²) in [5.41, 5.74) is 4.60. The SMILES string of the molecule is Cc1ccc(-n2c(SCc3nc4ccccc4c(=O)o3)nnc2-c2ccccc2)cc1C. The molecule has 0 amide bonds. The molecule has 32 heavy (non-hydrogen) atoms. The summed E-state index contributed by atoms with van der Waals surface area (Å²) < 4.78 is 7.47. The normalized spacial score (nSPS) is 11.2. The molecule has 0 aliphatic rings. The van der Waals surface area contributed by atoms with E-state index in [1.807, 2.05) is 47.0 Å². The van der Waals surface area contributed by atoms with Gasteiger partial charge in [0, 0.05) is 5.56 Å². The number of para-hydroxylation sites is 1. The molecule has 0 bridgehead atoms. The lowest BCUT2D eigenvalue weighted by Crippen LogP contribution is -2.05. The molecule has 0 atom stereocenters. The van der Waals surface area contributed by atoms with Gasteiger partial charge in [-0.1, -0.05) is 60.3 Å². The molecule has 0 fully saturated rings. The molecule has 0 aliphatic carbocycles. The maximum Gasteiger partial charge on any atom is 0.346 e. The molecule has 0 saturated heterocycles. The van der Waals surface area contributed by atoms with Crippen molar-refractivity contribution in [3.8, 4) is 17.1 Å². The second-order valence-corrected chi connectivity index (χ2v) is 8.42. The Morgan fingerprint density at radius 2 is 1.69 bits per heavy atom. The fraction of sp³-hybridized carbons (Fsp3) is 0.120. The van der Waals surface area contributed by atoms with Crippen molar-refractivity contribution in [2.75, 3.05) is 0 Å². The molecule has 5 aromatic rings. The van der Waals surface area contributed by atoms with Crippen LogP contribution in [0.25, 0.3) is 28.0 Å². The fourth-order valence-electron chi connectivity index (χ4n) is 3.49. The van der Waals surface area contributed by atoms with Crippen LogP contribution in [0.1, 0.15) is 17.0 Å². The van der Waals surface area contributed by atoms with Crippen LogP contribution < -0.4 is 5.63 Å². The van der Waals surface area contributed by atoms with E-state index < -0.39 is 0 Å². The molecule has 0 unspecified atom stereocenters. The Kier molecular flexibility index (Phi) is 5.33. The van der Waals surface area contributed by atoms with Gasteiger partial charge in [0.25, 0.3) is 0 Å². The highest BCUT2D eigenvalue weighted by Gasteiger charge is 2.17. The van der Waals surface area contributed by atoms with Gasteiger partial charge in [0.1, 0.15) is 0 Å². The van der Waals surface area contributed by atoms with E-state index >= 15 is 0 Å². The van der Waals surface area contributed by atoms with E-state index in [0.717, 1.165) is 17.1 Å². The first kappa shape index (κ1) is 20.2. The zero-order chi connectivity index (χ0) is 22.1. The third-order valence-electron chi connectivity index (χ3n) is 5.32. The molecule has 158 valence electrons. The van der Waals surface area contributed by atoms with Crippen LogP contribution in [-0.2, 0) is 5.75 Å². The summed E-state index contributed by atoms with van der Waals surface area (Å²) in [5, 5.41) is 10.1. The predicted molar refractivity (Wildman–Crippen MR) is 126 cm³/mol. The van der Waals surface area contributed by atoms with Gasteiger partial charge >= 0.3 is 5.63 Å². The molecular weight excluding hydrogens is 420 g/mol. The fourth-order valence-corrected chi connectivity index (χ4v) is 4.28. The van der Waals surface area contributed by atoms with Gasteiger partial charge in [-0.05, 0) is 49.2 Å². The topological polar surface area (TPSA) is 73.8 Å². The number of benzene rings is 3. The third-order valence-corrected chi connectivity index (χ3v) is 6.23. The minimum absolute atomic E-state index is 0.356. The van der Waals surface area contributed by atoms with E-state index in [-0.39, 0.29) is 5.63 Å². The number of rotatable bonds is 5. The Hall–Kier alpha value is -3.71. The van der Waals surface area contributed by atoms with Gasteiger partial charge in [-0.3, -0.25) is 4.57 Å². The van der Waals surface area contributed by atoms with Crippen LogP contribution >= 0.6 is 11.8 Å². The van der Waals surface area contributed by atoms with Crippen LogP contribution in [0.4, 0.5) is 0 Å². The Morgan fingerprint density at radius 1 is 0.906 bits per heavy atom. The number of thioether (sulfide) groups is 1. The first-order valence-electron chi connectivity index (χ1n) is 10.2. The summed E-state index contributed by atoms with van der Waals surface area (Å²) >= 11 is 1.43. The Balaban J connectivity index is 1.55. The van der Waals surface area contributed by atoms with Crippen molar-refractivity contribution < 1.29 is 4.42 Å². The second kappa shape index (κ2) is 8.43. The highest BCUT2D eigenvalue weighted by molar-refractivity contribution is 7.98. The van der Waals surface area contributed by atoms with Crippen molar-refractivity contribution in [1.29, 1.82) is 0 Å². The van der Waals surface area contributed by atoms with Crippen LogP contribution in [0.2, 0.25) is 0 Å². The molecule has 5 rings (SSSR count). The number of nitrogens with zero attached hydrogens (tertiary/aromatic N) is 4. The van der Waals surface area contributed by atoms with Gasteiger partial charge < -0.3 is 4.42 Å². The van der Waals surface area contributed by atoms with Crippen molar-refractivity contribution in [3.05, 3.63) is 100 Å². The van der Waals surface area contributed by atoms with Crippen molar-refractivity contribution in [2.24, 2.45) is 0 Å². The van der Waals surface area contributed by atoms with Crippen LogP contribution in [-0.4, -0.2) is 19.7 Å². The summed E-state index contributed by atoms with van der Waals surface area (Å²) in [4.78, 5) is 16.8. The lowest BCUT2D eigenvalue weighted by molar-refractivity contribution is 0.463. The lowest BCUT2D eigenvalue weighted by Gasteiger charge is -2.12. The average Bonchev–Trinajstić information content (AvgIpc) is 3.24. The molecule has 0 radical (unpaired) electrons. The first-order valence-corrected chi connectivity index (χ1v) is 11.2. The van der Waals surface area contributed by atoms with Crippen molar-refractivity contribution in [1.82, 2.24) is 19.7 Å². The Morgan fingerprint density at radius 3 is 2.50 bits per heavy atom. The first-order chi connectivity index (χ1) is 15.6. The zero-order valence-corrected chi connectivity index (χ0v) is 18.5. The molecular formula is C25H20N4O2S. The molecule has 2 aromatic heterocycles. The quantitative estimate of drug-likeness (QED) is 0.343. The summed E-state index contributed by atoms with van der Waals surface area (Å²) in [5.74, 6) is 1.47. The van der Waals surface area contributed by atoms with Gasteiger partial charge in [-0.25, -0.2) is 9.78 Å². The maximum absolute atomic E-state index is 12.3. The molecule has 3 aromatic carbocycles. The third kappa shape index (κ3) is 3.83. The van der Waals surface area contributed by atoms with Gasteiger partial charge in [-0.15, -0.1) is 10.2 Å². The number of aromatic nitrogens is 4. The molecule has 0 N–H and O–H groups in total. The van der Waals surface area contributed by atoms with Crippen LogP contribution in [0.15, 0.2) is 87.2 Å². The summed E-state index contributed by atoms with van der Waals surface area (Å²) in [6.45, 7) is 4.18. The molecule has 0 saturated carbocycles. The average molecular weight is 441 g/mol. The van der Waals surface area contributed by atoms with Crippen LogP contribution in [0, 0.1) is 13.8 Å². The van der Waals surface area contributed by atoms with E-state index in [4.69, 9.17) is 4.42 Å². The smallest absolute Gasteiger partial charge is 0.346 e. The number of hydrogen-bond donors (Lipinski definition) is 0. The van der Waals surface area contributed by atoms with Gasteiger partial charge in [0.2, 0.25) is 5.89 Å². The summed E-state index contributed by atoms with van der Waals surface area (Å²) in [6.07, 6.45) is 0. The zero-order valence-electron chi connectivity index (χ0n) is 17.6. The molecule has 0 aliphatic heterocycles. The maximum atomic E-state index is 12.3. The Bertz CT molecular complexity index is 1470. The summed E-state index contributed by atoms with van der Waals surface area (Å²) in [7, 11) is 0.